The lowest BCUT2D eigenvalue weighted by Crippen LogP contribution is -2.51. The van der Waals surface area contributed by atoms with Gasteiger partial charge in [0.05, 0.1) is 4.91 Å². The maximum Gasteiger partial charge on any atom is 0.237 e. The van der Waals surface area contributed by atoms with Crippen molar-refractivity contribution in [1.82, 2.24) is 4.72 Å². The first kappa shape index (κ1) is 13.3. The van der Waals surface area contributed by atoms with Crippen LogP contribution in [0.3, 0.4) is 0 Å². The van der Waals surface area contributed by atoms with E-state index in [1.165, 1.54) is 13.1 Å². The van der Waals surface area contributed by atoms with Gasteiger partial charge in [-0.3, -0.25) is 0 Å². The van der Waals surface area contributed by atoms with Gasteiger partial charge >= 0.3 is 0 Å². The van der Waals surface area contributed by atoms with Crippen LogP contribution in [0.25, 0.3) is 0 Å². The van der Waals surface area contributed by atoms with Crippen molar-refractivity contribution in [3.05, 3.63) is 23.1 Å². The normalized spacial score (nSPS) is 26.6. The van der Waals surface area contributed by atoms with E-state index in [0.29, 0.717) is 0 Å². The number of sulfonamides is 2. The highest BCUT2D eigenvalue weighted by atomic mass is 32.2. The second-order valence-corrected chi connectivity index (χ2v) is 7.09. The number of nitrogens with one attached hydrogen (secondary N) is 1. The fraction of sp³-hybridized carbons (Fsp3) is 0.429. The molecule has 16 heavy (non-hydrogen) atoms. The van der Waals surface area contributed by atoms with Gasteiger partial charge in [0.25, 0.3) is 0 Å². The van der Waals surface area contributed by atoms with Crippen LogP contribution in [0.2, 0.25) is 0 Å². The van der Waals surface area contributed by atoms with Crippen molar-refractivity contribution in [2.24, 2.45) is 10.9 Å². The summed E-state index contributed by atoms with van der Waals surface area (Å²) in [5.74, 6) is 0. The van der Waals surface area contributed by atoms with Crippen LogP contribution in [0.4, 0.5) is 0 Å². The number of allylic oxidation sites excluding steroid dienone is 1. The summed E-state index contributed by atoms with van der Waals surface area (Å²) in [5.41, 5.74) is 5.64. The molecule has 0 aromatic carbocycles. The lowest BCUT2D eigenvalue weighted by Gasteiger charge is -2.26. The molecule has 0 amide bonds. The molecule has 0 saturated heterocycles. The van der Waals surface area contributed by atoms with Crippen LogP contribution in [0, 0.1) is 0 Å². The molecular formula is C7H13N3O4S2. The van der Waals surface area contributed by atoms with Gasteiger partial charge in [-0.05, 0) is 19.2 Å². The molecule has 0 spiro atoms. The molecule has 1 aliphatic rings. The Morgan fingerprint density at radius 3 is 2.25 bits per heavy atom. The van der Waals surface area contributed by atoms with Crippen molar-refractivity contribution in [2.45, 2.75) is 11.3 Å². The van der Waals surface area contributed by atoms with Gasteiger partial charge in [-0.25, -0.2) is 26.7 Å². The molecule has 0 aromatic heterocycles. The van der Waals surface area contributed by atoms with Crippen LogP contribution >= 0.6 is 0 Å². The molecule has 0 heterocycles. The number of hydrogen-bond acceptors (Lipinski definition) is 5. The molecule has 9 heteroatoms. The lowest BCUT2D eigenvalue weighted by molar-refractivity contribution is 0.546. The topological polar surface area (TPSA) is 132 Å². The Hall–Kier alpha value is -0.740. The fourth-order valence-corrected chi connectivity index (χ4v) is 2.72. The van der Waals surface area contributed by atoms with E-state index in [9.17, 15) is 16.8 Å². The Morgan fingerprint density at radius 2 is 1.94 bits per heavy atom. The van der Waals surface area contributed by atoms with Crippen molar-refractivity contribution >= 4 is 20.0 Å². The van der Waals surface area contributed by atoms with Crippen LogP contribution in [0.5, 0.6) is 0 Å². The lowest BCUT2D eigenvalue weighted by atomic mass is 10.1. The van der Waals surface area contributed by atoms with Crippen molar-refractivity contribution in [3.8, 4) is 0 Å². The summed E-state index contributed by atoms with van der Waals surface area (Å²) < 4.78 is 47.1. The highest BCUT2D eigenvalue weighted by Crippen LogP contribution is 2.24. The highest BCUT2D eigenvalue weighted by Gasteiger charge is 2.37. The molecule has 92 valence electrons. The Balaban J connectivity index is 3.10. The molecule has 0 bridgehead atoms. The minimum absolute atomic E-state index is 0.139. The Bertz CT molecular complexity index is 546. The molecule has 0 aromatic rings. The molecule has 1 aliphatic carbocycles. The molecule has 0 fully saturated rings. The van der Waals surface area contributed by atoms with E-state index in [4.69, 9.17) is 10.9 Å². The predicted octanol–water partition coefficient (Wildman–Crippen LogP) is -1.68. The summed E-state index contributed by atoms with van der Waals surface area (Å²) in [6.07, 6.45) is 3.23. The monoisotopic (exact) mass is 267 g/mol. The molecular weight excluding hydrogens is 254 g/mol. The van der Waals surface area contributed by atoms with Gasteiger partial charge < -0.3 is 5.73 Å². The van der Waals surface area contributed by atoms with Crippen molar-refractivity contribution in [3.63, 3.8) is 0 Å². The largest absolute Gasteiger partial charge is 0.308 e. The third-order valence-electron chi connectivity index (χ3n) is 2.25. The zero-order valence-electron chi connectivity index (χ0n) is 8.54. The Labute approximate surface area is 94.3 Å². The molecule has 1 rings (SSSR count). The molecule has 1 unspecified atom stereocenters. The first-order chi connectivity index (χ1) is 7.12. The highest BCUT2D eigenvalue weighted by molar-refractivity contribution is 7.93. The van der Waals surface area contributed by atoms with Crippen molar-refractivity contribution in [1.29, 1.82) is 0 Å². The summed E-state index contributed by atoms with van der Waals surface area (Å²) in [7, 11) is -6.32. The third kappa shape index (κ3) is 2.33. The minimum Gasteiger partial charge on any atom is -0.308 e. The van der Waals surface area contributed by atoms with Gasteiger partial charge in [0.15, 0.2) is 4.87 Å². The van der Waals surface area contributed by atoms with E-state index >= 15 is 0 Å². The van der Waals surface area contributed by atoms with Gasteiger partial charge in [0.2, 0.25) is 20.0 Å². The van der Waals surface area contributed by atoms with Crippen LogP contribution in [0.15, 0.2) is 23.1 Å². The average molecular weight is 267 g/mol. The van der Waals surface area contributed by atoms with Crippen LogP contribution in [0.1, 0.15) is 6.42 Å². The van der Waals surface area contributed by atoms with Gasteiger partial charge in [0, 0.05) is 6.42 Å². The van der Waals surface area contributed by atoms with E-state index in [1.54, 1.807) is 0 Å². The van der Waals surface area contributed by atoms with Gasteiger partial charge in [-0.2, -0.15) is 0 Å². The second-order valence-electron chi connectivity index (χ2n) is 3.35. The first-order valence-corrected chi connectivity index (χ1v) is 7.29. The van der Waals surface area contributed by atoms with Gasteiger partial charge in [0.1, 0.15) is 0 Å². The zero-order chi connectivity index (χ0) is 12.6. The standard InChI is InChI=1S/C7H13N3O4S2/c1-10-16(13,14)7(8)4-2-6(3-5-7)15(9,11)12/h2-4,10H,5,8H2,1H3,(H2,9,11,12). The van der Waals surface area contributed by atoms with E-state index in [0.717, 1.165) is 12.2 Å². The quantitative estimate of drug-likeness (QED) is 0.562. The number of nitrogens with two attached hydrogens (primary N) is 2. The Morgan fingerprint density at radius 1 is 1.38 bits per heavy atom. The van der Waals surface area contributed by atoms with Gasteiger partial charge in [-0.1, -0.05) is 6.08 Å². The number of rotatable bonds is 3. The van der Waals surface area contributed by atoms with E-state index in [1.807, 2.05) is 0 Å². The smallest absolute Gasteiger partial charge is 0.237 e. The average Bonchev–Trinajstić information content (AvgIpc) is 2.16. The molecule has 0 saturated carbocycles. The first-order valence-electron chi connectivity index (χ1n) is 4.26. The summed E-state index contributed by atoms with van der Waals surface area (Å²) >= 11 is 0. The molecule has 7 nitrogen and oxygen atoms in total. The molecule has 5 N–H and O–H groups in total. The minimum atomic E-state index is -3.82. The third-order valence-corrected chi connectivity index (χ3v) is 5.05. The van der Waals surface area contributed by atoms with Crippen molar-refractivity contribution < 1.29 is 16.8 Å². The fourth-order valence-electron chi connectivity index (χ4n) is 1.22. The van der Waals surface area contributed by atoms with Crippen molar-refractivity contribution in [2.75, 3.05) is 7.05 Å². The predicted molar refractivity (Wildman–Crippen MR) is 59.8 cm³/mol. The van der Waals surface area contributed by atoms with E-state index in [2.05, 4.69) is 4.72 Å². The van der Waals surface area contributed by atoms with E-state index < -0.39 is 24.9 Å². The maximum atomic E-state index is 11.5. The van der Waals surface area contributed by atoms with E-state index in [-0.39, 0.29) is 11.3 Å². The Kier molecular flexibility index (Phi) is 3.27. The molecule has 1 atom stereocenters. The summed E-state index contributed by atoms with van der Waals surface area (Å²) in [4.78, 5) is -1.78. The summed E-state index contributed by atoms with van der Waals surface area (Å²) in [6.45, 7) is 0. The second kappa shape index (κ2) is 3.93. The van der Waals surface area contributed by atoms with Crippen LogP contribution < -0.4 is 15.6 Å². The summed E-state index contributed by atoms with van der Waals surface area (Å²) in [5, 5.41) is 4.89. The van der Waals surface area contributed by atoms with Gasteiger partial charge in [-0.15, -0.1) is 0 Å². The number of hydrogen-bond donors (Lipinski definition) is 3. The molecule has 0 aliphatic heterocycles. The molecule has 0 radical (unpaired) electrons. The van der Waals surface area contributed by atoms with Crippen LogP contribution in [-0.4, -0.2) is 28.8 Å². The SMILES string of the molecule is CNS(=O)(=O)C1(N)C=CC(S(N)(=O)=O)=CC1. The number of primary sulfonamides is 1. The maximum absolute atomic E-state index is 11.5. The van der Waals surface area contributed by atoms with Crippen LogP contribution in [-0.2, 0) is 20.0 Å². The zero-order valence-corrected chi connectivity index (χ0v) is 10.2. The summed E-state index contributed by atoms with van der Waals surface area (Å²) in [6, 6.07) is 0.